The molecule has 3 N–H and O–H groups in total. The topological polar surface area (TPSA) is 96.2 Å². The minimum atomic E-state index is -0.752. The van der Waals surface area contributed by atoms with Gasteiger partial charge in [0.25, 0.3) is 0 Å². The van der Waals surface area contributed by atoms with Crippen molar-refractivity contribution < 1.29 is 29.6 Å². The summed E-state index contributed by atoms with van der Waals surface area (Å²) >= 11 is 0. The molecule has 142 valence electrons. The van der Waals surface area contributed by atoms with Crippen molar-refractivity contribution in [1.29, 1.82) is 0 Å². The van der Waals surface area contributed by atoms with Crippen LogP contribution in [0, 0.1) is 0 Å². The summed E-state index contributed by atoms with van der Waals surface area (Å²) < 4.78 is 11.0. The Morgan fingerprint density at radius 2 is 1.50 bits per heavy atom. The maximum atomic E-state index is 10.4. The van der Waals surface area contributed by atoms with Crippen LogP contribution >= 0.6 is 0 Å². The van der Waals surface area contributed by atoms with Gasteiger partial charge in [0.2, 0.25) is 0 Å². The van der Waals surface area contributed by atoms with Crippen LogP contribution < -0.4 is 0 Å². The maximum Gasteiger partial charge on any atom is 0.303 e. The van der Waals surface area contributed by atoms with Crippen LogP contribution in [0.3, 0.4) is 0 Å². The zero-order valence-electron chi connectivity index (χ0n) is 14.9. The second kappa shape index (κ2) is 12.6. The fourth-order valence-electron chi connectivity index (χ4n) is 2.91. The molecule has 1 rings (SSSR count). The number of hydrogen-bond donors (Lipinski definition) is 3. The highest BCUT2D eigenvalue weighted by Gasteiger charge is 2.34. The lowest BCUT2D eigenvalue weighted by Crippen LogP contribution is -2.47. The van der Waals surface area contributed by atoms with Crippen LogP contribution in [0.25, 0.3) is 0 Å². The zero-order valence-corrected chi connectivity index (χ0v) is 14.9. The minimum Gasteiger partial charge on any atom is -0.481 e. The number of carboxylic acids is 1. The van der Waals surface area contributed by atoms with E-state index in [9.17, 15) is 15.0 Å². The van der Waals surface area contributed by atoms with E-state index in [0.29, 0.717) is 13.0 Å². The molecule has 0 amide bonds. The first-order valence-corrected chi connectivity index (χ1v) is 9.35. The van der Waals surface area contributed by atoms with Gasteiger partial charge in [0.05, 0.1) is 12.2 Å². The molecule has 24 heavy (non-hydrogen) atoms. The molecule has 0 radical (unpaired) electrons. The molecule has 0 aromatic rings. The van der Waals surface area contributed by atoms with Gasteiger partial charge in [-0.1, -0.05) is 44.9 Å². The third-order valence-corrected chi connectivity index (χ3v) is 4.50. The quantitative estimate of drug-likeness (QED) is 0.444. The number of rotatable bonds is 13. The molecule has 1 aliphatic heterocycles. The summed E-state index contributed by atoms with van der Waals surface area (Å²) in [5.41, 5.74) is 0. The molecule has 6 heteroatoms. The Balaban J connectivity index is 1.86. The molecule has 0 saturated carbocycles. The van der Waals surface area contributed by atoms with Gasteiger partial charge in [-0.05, 0) is 19.8 Å². The van der Waals surface area contributed by atoms with Gasteiger partial charge in [-0.3, -0.25) is 4.79 Å². The third-order valence-electron chi connectivity index (χ3n) is 4.50. The molecule has 0 spiro atoms. The van der Waals surface area contributed by atoms with Gasteiger partial charge in [0.15, 0.2) is 6.29 Å². The van der Waals surface area contributed by atoms with Crippen molar-refractivity contribution in [3.05, 3.63) is 0 Å². The maximum absolute atomic E-state index is 10.4. The summed E-state index contributed by atoms with van der Waals surface area (Å²) in [7, 11) is 0. The molecule has 4 atom stereocenters. The lowest BCUT2D eigenvalue weighted by molar-refractivity contribution is -0.261. The van der Waals surface area contributed by atoms with Crippen LogP contribution in [-0.4, -0.2) is 52.5 Å². The van der Waals surface area contributed by atoms with Crippen molar-refractivity contribution in [2.24, 2.45) is 0 Å². The summed E-state index contributed by atoms with van der Waals surface area (Å²) in [6.07, 6.45) is 8.02. The summed E-state index contributed by atoms with van der Waals surface area (Å²) in [5.74, 6) is -0.700. The number of aliphatic hydroxyl groups is 2. The molecule has 1 heterocycles. The van der Waals surface area contributed by atoms with Crippen LogP contribution in [0.2, 0.25) is 0 Å². The summed E-state index contributed by atoms with van der Waals surface area (Å²) in [5, 5.41) is 27.9. The lowest BCUT2D eigenvalue weighted by Gasteiger charge is -2.35. The van der Waals surface area contributed by atoms with E-state index in [0.717, 1.165) is 32.1 Å². The molecule has 1 aliphatic rings. The van der Waals surface area contributed by atoms with Gasteiger partial charge in [-0.15, -0.1) is 0 Å². The van der Waals surface area contributed by atoms with Crippen molar-refractivity contribution in [1.82, 2.24) is 0 Å². The Morgan fingerprint density at radius 1 is 0.958 bits per heavy atom. The van der Waals surface area contributed by atoms with E-state index >= 15 is 0 Å². The van der Waals surface area contributed by atoms with Gasteiger partial charge in [-0.25, -0.2) is 0 Å². The van der Waals surface area contributed by atoms with E-state index in [-0.39, 0.29) is 12.5 Å². The van der Waals surface area contributed by atoms with E-state index in [1.165, 1.54) is 25.7 Å². The second-order valence-electron chi connectivity index (χ2n) is 6.78. The Hall–Kier alpha value is -0.690. The first-order valence-electron chi connectivity index (χ1n) is 9.35. The van der Waals surface area contributed by atoms with Crippen molar-refractivity contribution in [2.45, 2.75) is 102 Å². The number of hydrogen-bond acceptors (Lipinski definition) is 5. The van der Waals surface area contributed by atoms with E-state index in [2.05, 4.69) is 0 Å². The Bertz CT molecular complexity index is 335. The molecule has 0 aliphatic carbocycles. The normalized spacial score (nSPS) is 27.3. The van der Waals surface area contributed by atoms with Gasteiger partial charge in [-0.2, -0.15) is 0 Å². The van der Waals surface area contributed by atoms with E-state index in [1.54, 1.807) is 6.92 Å². The summed E-state index contributed by atoms with van der Waals surface area (Å²) in [6, 6.07) is 0. The Kier molecular flexibility index (Phi) is 11.2. The molecular formula is C18H34O6. The summed E-state index contributed by atoms with van der Waals surface area (Å²) in [4.78, 5) is 10.4. The second-order valence-corrected chi connectivity index (χ2v) is 6.78. The van der Waals surface area contributed by atoms with E-state index < -0.39 is 24.5 Å². The highest BCUT2D eigenvalue weighted by Crippen LogP contribution is 2.21. The fraction of sp³-hybridized carbons (Fsp3) is 0.944. The zero-order chi connectivity index (χ0) is 17.8. The summed E-state index contributed by atoms with van der Waals surface area (Å²) in [6.45, 7) is 2.36. The van der Waals surface area contributed by atoms with Crippen molar-refractivity contribution in [3.8, 4) is 0 Å². The van der Waals surface area contributed by atoms with E-state index in [1.807, 2.05) is 0 Å². The van der Waals surface area contributed by atoms with Crippen molar-refractivity contribution in [2.75, 3.05) is 6.61 Å². The largest absolute Gasteiger partial charge is 0.481 e. The molecule has 0 unspecified atom stereocenters. The number of unbranched alkanes of at least 4 members (excludes halogenated alkanes) is 8. The third kappa shape index (κ3) is 9.57. The van der Waals surface area contributed by atoms with Crippen molar-refractivity contribution >= 4 is 5.97 Å². The number of ether oxygens (including phenoxy) is 2. The number of carboxylic acid groups (broad SMARTS) is 1. The number of aliphatic carboxylic acids is 1. The van der Waals surface area contributed by atoms with E-state index in [4.69, 9.17) is 14.6 Å². The molecule has 0 aromatic heterocycles. The number of aliphatic hydroxyl groups excluding tert-OH is 2. The van der Waals surface area contributed by atoms with Gasteiger partial charge < -0.3 is 24.8 Å². The molecule has 1 fully saturated rings. The molecule has 1 saturated heterocycles. The average molecular weight is 346 g/mol. The van der Waals surface area contributed by atoms with Crippen molar-refractivity contribution in [3.63, 3.8) is 0 Å². The molecule has 6 nitrogen and oxygen atoms in total. The minimum absolute atomic E-state index is 0.289. The van der Waals surface area contributed by atoms with Crippen LogP contribution in [0.1, 0.15) is 77.6 Å². The van der Waals surface area contributed by atoms with Crippen LogP contribution in [-0.2, 0) is 14.3 Å². The van der Waals surface area contributed by atoms with Gasteiger partial charge in [0, 0.05) is 19.4 Å². The molecule has 0 bridgehead atoms. The van der Waals surface area contributed by atoms with Gasteiger partial charge in [0.1, 0.15) is 6.10 Å². The number of carbonyl (C=O) groups is 1. The Labute approximate surface area is 145 Å². The first kappa shape index (κ1) is 21.4. The standard InChI is InChI=1S/C18H34O6/c1-14-15(19)13-16(20)18(24-14)23-12-10-8-6-4-2-3-5-7-9-11-17(21)22/h14-16,18-20H,2-13H2,1H3,(H,21,22)/t14-,15+,16+,18+/m0/s1. The SMILES string of the molecule is C[C@@H]1O[C@@H](OCCCCCCCCCCCC(=O)O)[C@H](O)C[C@H]1O. The monoisotopic (exact) mass is 346 g/mol. The predicted molar refractivity (Wildman–Crippen MR) is 90.7 cm³/mol. The molecule has 0 aromatic carbocycles. The molecular weight excluding hydrogens is 312 g/mol. The van der Waals surface area contributed by atoms with Crippen LogP contribution in [0.15, 0.2) is 0 Å². The van der Waals surface area contributed by atoms with Crippen LogP contribution in [0.4, 0.5) is 0 Å². The lowest BCUT2D eigenvalue weighted by atomic mass is 10.0. The smallest absolute Gasteiger partial charge is 0.303 e. The van der Waals surface area contributed by atoms with Crippen LogP contribution in [0.5, 0.6) is 0 Å². The average Bonchev–Trinajstić information content (AvgIpc) is 2.52. The Morgan fingerprint density at radius 3 is 2.08 bits per heavy atom. The fourth-order valence-corrected chi connectivity index (χ4v) is 2.91. The first-order chi connectivity index (χ1) is 11.5. The predicted octanol–water partition coefficient (Wildman–Crippen LogP) is 2.85. The van der Waals surface area contributed by atoms with Gasteiger partial charge >= 0.3 is 5.97 Å². The highest BCUT2D eigenvalue weighted by molar-refractivity contribution is 5.66. The highest BCUT2D eigenvalue weighted by atomic mass is 16.7.